The molecule has 2 heterocycles. The topological polar surface area (TPSA) is 44.3 Å². The summed E-state index contributed by atoms with van der Waals surface area (Å²) < 4.78 is 0. The minimum atomic E-state index is 0.697. The van der Waals surface area contributed by atoms with Gasteiger partial charge in [0.15, 0.2) is 0 Å². The smallest absolute Gasteiger partial charge is 0.227 e. The molecular formula is C14H18ClN5. The fourth-order valence-corrected chi connectivity index (χ4v) is 2.60. The summed E-state index contributed by atoms with van der Waals surface area (Å²) >= 11 is 6.07. The van der Waals surface area contributed by atoms with E-state index in [2.05, 4.69) is 32.1 Å². The van der Waals surface area contributed by atoms with Gasteiger partial charge >= 0.3 is 0 Å². The third kappa shape index (κ3) is 2.51. The Hall–Kier alpha value is -1.59. The summed E-state index contributed by atoms with van der Waals surface area (Å²) in [6.45, 7) is 3.97. The first-order chi connectivity index (χ1) is 9.67. The van der Waals surface area contributed by atoms with Gasteiger partial charge in [0, 0.05) is 43.6 Å². The molecule has 0 amide bonds. The number of fused-ring (bicyclic) bond motifs is 1. The largest absolute Gasteiger partial charge is 0.372 e. The Balaban J connectivity index is 2.03. The number of anilines is 2. The van der Waals surface area contributed by atoms with Gasteiger partial charge in [0.1, 0.15) is 5.82 Å². The van der Waals surface area contributed by atoms with Gasteiger partial charge in [0.05, 0.1) is 5.52 Å². The van der Waals surface area contributed by atoms with Crippen LogP contribution >= 0.6 is 11.6 Å². The van der Waals surface area contributed by atoms with Crippen LogP contribution in [0, 0.1) is 0 Å². The van der Waals surface area contributed by atoms with E-state index in [1.54, 1.807) is 0 Å². The lowest BCUT2D eigenvalue weighted by molar-refractivity contribution is 0.311. The number of nitrogens with one attached hydrogen (secondary N) is 1. The maximum atomic E-state index is 6.07. The quantitative estimate of drug-likeness (QED) is 0.918. The first-order valence-corrected chi connectivity index (χ1v) is 7.14. The molecule has 5 nitrogen and oxygen atoms in total. The van der Waals surface area contributed by atoms with Crippen LogP contribution in [-0.4, -0.2) is 55.1 Å². The van der Waals surface area contributed by atoms with Crippen molar-refractivity contribution in [3.8, 4) is 0 Å². The Morgan fingerprint density at radius 2 is 1.90 bits per heavy atom. The molecule has 0 saturated carbocycles. The van der Waals surface area contributed by atoms with Crippen molar-refractivity contribution in [1.82, 2.24) is 14.9 Å². The summed E-state index contributed by atoms with van der Waals surface area (Å²) in [7, 11) is 4.02. The van der Waals surface area contributed by atoms with Crippen molar-refractivity contribution in [3.63, 3.8) is 0 Å². The van der Waals surface area contributed by atoms with E-state index in [4.69, 9.17) is 11.6 Å². The number of hydrogen-bond donors (Lipinski definition) is 1. The van der Waals surface area contributed by atoms with Crippen molar-refractivity contribution >= 4 is 34.3 Å². The molecule has 0 unspecified atom stereocenters. The van der Waals surface area contributed by atoms with Crippen LogP contribution < -0.4 is 10.2 Å². The molecule has 1 aromatic carbocycles. The SMILES string of the molecule is CNc1nc(N2CCN(C)CC2)nc2cc(Cl)ccc12. The lowest BCUT2D eigenvalue weighted by Crippen LogP contribution is -2.45. The molecule has 1 aliphatic rings. The molecule has 1 saturated heterocycles. The molecular weight excluding hydrogens is 274 g/mol. The maximum Gasteiger partial charge on any atom is 0.227 e. The maximum absolute atomic E-state index is 6.07. The third-order valence-electron chi connectivity index (χ3n) is 3.67. The number of piperazine rings is 1. The van der Waals surface area contributed by atoms with Gasteiger partial charge < -0.3 is 15.1 Å². The average molecular weight is 292 g/mol. The highest BCUT2D eigenvalue weighted by Gasteiger charge is 2.18. The third-order valence-corrected chi connectivity index (χ3v) is 3.91. The van der Waals surface area contributed by atoms with Gasteiger partial charge in [-0.3, -0.25) is 0 Å². The minimum absolute atomic E-state index is 0.697. The van der Waals surface area contributed by atoms with Crippen LogP contribution in [0.15, 0.2) is 18.2 Å². The number of hydrogen-bond acceptors (Lipinski definition) is 5. The highest BCUT2D eigenvalue weighted by molar-refractivity contribution is 6.31. The number of nitrogens with zero attached hydrogens (tertiary/aromatic N) is 4. The van der Waals surface area contributed by atoms with Crippen LogP contribution in [0.2, 0.25) is 5.02 Å². The van der Waals surface area contributed by atoms with E-state index in [0.717, 1.165) is 48.8 Å². The molecule has 1 aromatic heterocycles. The van der Waals surface area contributed by atoms with E-state index >= 15 is 0 Å². The molecule has 0 aliphatic carbocycles. The van der Waals surface area contributed by atoms with E-state index in [1.165, 1.54) is 0 Å². The van der Waals surface area contributed by atoms with Crippen LogP contribution in [0.3, 0.4) is 0 Å². The van der Waals surface area contributed by atoms with E-state index in [0.29, 0.717) is 5.02 Å². The zero-order valence-corrected chi connectivity index (χ0v) is 12.5. The highest BCUT2D eigenvalue weighted by Crippen LogP contribution is 2.26. The summed E-state index contributed by atoms with van der Waals surface area (Å²) in [6.07, 6.45) is 0. The lowest BCUT2D eigenvalue weighted by Gasteiger charge is -2.32. The molecule has 3 rings (SSSR count). The Bertz CT molecular complexity index is 622. The van der Waals surface area contributed by atoms with Crippen molar-refractivity contribution in [2.75, 3.05) is 50.5 Å². The molecule has 0 radical (unpaired) electrons. The first kappa shape index (κ1) is 13.4. The number of aromatic nitrogens is 2. The number of likely N-dealkylation sites (N-methyl/N-ethyl adjacent to an activating group) is 1. The number of rotatable bonds is 2. The van der Waals surface area contributed by atoms with Crippen LogP contribution in [0.5, 0.6) is 0 Å². The van der Waals surface area contributed by atoms with Gasteiger partial charge in [-0.1, -0.05) is 11.6 Å². The summed E-state index contributed by atoms with van der Waals surface area (Å²) in [6, 6.07) is 5.71. The monoisotopic (exact) mass is 291 g/mol. The minimum Gasteiger partial charge on any atom is -0.372 e. The second kappa shape index (κ2) is 5.42. The van der Waals surface area contributed by atoms with Gasteiger partial charge in [0.25, 0.3) is 0 Å². The van der Waals surface area contributed by atoms with E-state index in [1.807, 2.05) is 25.2 Å². The molecule has 1 N–H and O–H groups in total. The van der Waals surface area contributed by atoms with Crippen LogP contribution in [-0.2, 0) is 0 Å². The molecule has 0 bridgehead atoms. The molecule has 0 spiro atoms. The molecule has 6 heteroatoms. The van der Waals surface area contributed by atoms with E-state index in [-0.39, 0.29) is 0 Å². The molecule has 0 atom stereocenters. The van der Waals surface area contributed by atoms with Gasteiger partial charge in [-0.25, -0.2) is 4.98 Å². The van der Waals surface area contributed by atoms with Crippen molar-refractivity contribution in [3.05, 3.63) is 23.2 Å². The fourth-order valence-electron chi connectivity index (χ4n) is 2.43. The van der Waals surface area contributed by atoms with E-state index < -0.39 is 0 Å². The summed E-state index contributed by atoms with van der Waals surface area (Å²) in [5, 5.41) is 4.84. The highest BCUT2D eigenvalue weighted by atomic mass is 35.5. The fraction of sp³-hybridized carbons (Fsp3) is 0.429. The number of benzene rings is 1. The second-order valence-electron chi connectivity index (χ2n) is 5.07. The van der Waals surface area contributed by atoms with Crippen LogP contribution in [0.1, 0.15) is 0 Å². The molecule has 20 heavy (non-hydrogen) atoms. The predicted octanol–water partition coefficient (Wildman–Crippen LogP) is 2.08. The Morgan fingerprint density at radius 1 is 1.15 bits per heavy atom. The molecule has 106 valence electrons. The van der Waals surface area contributed by atoms with Crippen LogP contribution in [0.25, 0.3) is 10.9 Å². The second-order valence-corrected chi connectivity index (χ2v) is 5.51. The van der Waals surface area contributed by atoms with E-state index in [9.17, 15) is 0 Å². The predicted molar refractivity (Wildman–Crippen MR) is 83.8 cm³/mol. The summed E-state index contributed by atoms with van der Waals surface area (Å²) in [5.41, 5.74) is 0.880. The molecule has 1 aliphatic heterocycles. The Kier molecular flexibility index (Phi) is 3.63. The van der Waals surface area contributed by atoms with Crippen molar-refractivity contribution in [1.29, 1.82) is 0 Å². The van der Waals surface area contributed by atoms with Crippen LogP contribution in [0.4, 0.5) is 11.8 Å². The van der Waals surface area contributed by atoms with Gasteiger partial charge in [0.2, 0.25) is 5.95 Å². The zero-order valence-electron chi connectivity index (χ0n) is 11.7. The van der Waals surface area contributed by atoms with Crippen molar-refractivity contribution in [2.45, 2.75) is 0 Å². The average Bonchev–Trinajstić information content (AvgIpc) is 2.46. The Labute approximate surface area is 123 Å². The summed E-state index contributed by atoms with van der Waals surface area (Å²) in [5.74, 6) is 1.62. The molecule has 1 fully saturated rings. The molecule has 2 aromatic rings. The van der Waals surface area contributed by atoms with Crippen molar-refractivity contribution in [2.24, 2.45) is 0 Å². The summed E-state index contributed by atoms with van der Waals surface area (Å²) in [4.78, 5) is 13.8. The Morgan fingerprint density at radius 3 is 2.60 bits per heavy atom. The zero-order chi connectivity index (χ0) is 14.1. The lowest BCUT2D eigenvalue weighted by atomic mass is 10.2. The number of halogens is 1. The standard InChI is InChI=1S/C14H18ClN5/c1-16-13-11-4-3-10(15)9-12(11)17-14(18-13)20-7-5-19(2)6-8-20/h3-4,9H,5-8H2,1-2H3,(H,16,17,18). The van der Waals surface area contributed by atoms with Gasteiger partial charge in [-0.2, -0.15) is 4.98 Å². The van der Waals surface area contributed by atoms with Crippen molar-refractivity contribution < 1.29 is 0 Å². The van der Waals surface area contributed by atoms with Gasteiger partial charge in [-0.05, 0) is 25.2 Å². The normalized spacial score (nSPS) is 16.6. The van der Waals surface area contributed by atoms with Gasteiger partial charge in [-0.15, -0.1) is 0 Å². The first-order valence-electron chi connectivity index (χ1n) is 6.76.